The van der Waals surface area contributed by atoms with Crippen LogP contribution in [0.3, 0.4) is 0 Å². The first-order valence-corrected chi connectivity index (χ1v) is 6.51. The van der Waals surface area contributed by atoms with E-state index in [2.05, 4.69) is 23.3 Å². The first kappa shape index (κ1) is 11.7. The third-order valence-corrected chi connectivity index (χ3v) is 4.15. The largest absolute Gasteiger partial charge is 0.330 e. The lowest BCUT2D eigenvalue weighted by Crippen LogP contribution is -2.21. The maximum absolute atomic E-state index is 11.5. The second kappa shape index (κ2) is 4.37. The smallest absolute Gasteiger partial charge is 0.228 e. The summed E-state index contributed by atoms with van der Waals surface area (Å²) in [7, 11) is 2.14. The summed E-state index contributed by atoms with van der Waals surface area (Å²) in [6.07, 6.45) is 1.61. The summed E-state index contributed by atoms with van der Waals surface area (Å²) in [5.74, 6) is 0.675. The van der Waals surface area contributed by atoms with Gasteiger partial charge in [-0.25, -0.2) is 0 Å². The molecule has 4 nitrogen and oxygen atoms in total. The third kappa shape index (κ3) is 1.82. The van der Waals surface area contributed by atoms with Crippen LogP contribution in [0.15, 0.2) is 18.2 Å². The molecule has 1 saturated heterocycles. The zero-order valence-electron chi connectivity index (χ0n) is 10.6. The van der Waals surface area contributed by atoms with Gasteiger partial charge in [0.15, 0.2) is 0 Å². The van der Waals surface area contributed by atoms with Crippen molar-refractivity contribution in [2.75, 3.05) is 25.5 Å². The first-order valence-electron chi connectivity index (χ1n) is 6.51. The van der Waals surface area contributed by atoms with Gasteiger partial charge in [-0.3, -0.25) is 9.69 Å². The monoisotopic (exact) mass is 245 g/mol. The SMILES string of the molecule is CN1CC(CN)CC1c1cccc2c1CC(=O)N2. The summed E-state index contributed by atoms with van der Waals surface area (Å²) in [5.41, 5.74) is 9.24. The average molecular weight is 245 g/mol. The van der Waals surface area contributed by atoms with Gasteiger partial charge in [-0.1, -0.05) is 12.1 Å². The van der Waals surface area contributed by atoms with Gasteiger partial charge in [0, 0.05) is 18.3 Å². The number of amides is 1. The molecule has 1 aromatic carbocycles. The molecule has 96 valence electrons. The van der Waals surface area contributed by atoms with Crippen LogP contribution in [-0.4, -0.2) is 30.9 Å². The van der Waals surface area contributed by atoms with Crippen molar-refractivity contribution in [3.63, 3.8) is 0 Å². The highest BCUT2D eigenvalue weighted by atomic mass is 16.1. The van der Waals surface area contributed by atoms with Crippen LogP contribution in [0.5, 0.6) is 0 Å². The second-order valence-corrected chi connectivity index (χ2v) is 5.39. The van der Waals surface area contributed by atoms with Gasteiger partial charge in [-0.2, -0.15) is 0 Å². The summed E-state index contributed by atoms with van der Waals surface area (Å²) >= 11 is 0. The average Bonchev–Trinajstić information content (AvgIpc) is 2.90. The zero-order valence-corrected chi connectivity index (χ0v) is 10.6. The fourth-order valence-electron chi connectivity index (χ4n) is 3.23. The van der Waals surface area contributed by atoms with Crippen molar-refractivity contribution in [3.8, 4) is 0 Å². The van der Waals surface area contributed by atoms with Crippen molar-refractivity contribution < 1.29 is 4.79 Å². The van der Waals surface area contributed by atoms with Gasteiger partial charge in [-0.05, 0) is 43.1 Å². The topological polar surface area (TPSA) is 58.4 Å². The van der Waals surface area contributed by atoms with Crippen LogP contribution in [0.1, 0.15) is 23.6 Å². The Morgan fingerprint density at radius 1 is 1.50 bits per heavy atom. The van der Waals surface area contributed by atoms with Gasteiger partial charge in [0.1, 0.15) is 0 Å². The van der Waals surface area contributed by atoms with Crippen molar-refractivity contribution in [1.29, 1.82) is 0 Å². The molecule has 2 heterocycles. The molecule has 1 fully saturated rings. The third-order valence-electron chi connectivity index (χ3n) is 4.15. The van der Waals surface area contributed by atoms with Crippen molar-refractivity contribution in [2.45, 2.75) is 18.9 Å². The number of anilines is 1. The molecule has 0 bridgehead atoms. The molecule has 2 unspecified atom stereocenters. The number of carbonyl (C=O) groups is 1. The first-order chi connectivity index (χ1) is 8.69. The Morgan fingerprint density at radius 2 is 2.33 bits per heavy atom. The predicted molar refractivity (Wildman–Crippen MR) is 71.3 cm³/mol. The van der Waals surface area contributed by atoms with E-state index in [1.165, 1.54) is 11.1 Å². The number of hydrogen-bond acceptors (Lipinski definition) is 3. The van der Waals surface area contributed by atoms with Crippen LogP contribution in [0.2, 0.25) is 0 Å². The van der Waals surface area contributed by atoms with E-state index < -0.39 is 0 Å². The van der Waals surface area contributed by atoms with Crippen LogP contribution in [0.4, 0.5) is 5.69 Å². The summed E-state index contributed by atoms with van der Waals surface area (Å²) in [5, 5.41) is 2.92. The Bertz CT molecular complexity index is 486. The van der Waals surface area contributed by atoms with Gasteiger partial charge >= 0.3 is 0 Å². The highest BCUT2D eigenvalue weighted by Gasteiger charge is 2.33. The number of nitrogens with zero attached hydrogens (tertiary/aromatic N) is 1. The molecule has 3 rings (SSSR count). The zero-order chi connectivity index (χ0) is 12.7. The lowest BCUT2D eigenvalue weighted by Gasteiger charge is -2.21. The molecule has 0 saturated carbocycles. The normalized spacial score (nSPS) is 27.3. The van der Waals surface area contributed by atoms with E-state index in [-0.39, 0.29) is 5.91 Å². The van der Waals surface area contributed by atoms with Gasteiger partial charge in [0.2, 0.25) is 5.91 Å². The molecule has 2 atom stereocenters. The van der Waals surface area contributed by atoms with E-state index in [0.29, 0.717) is 18.4 Å². The number of hydrogen-bond donors (Lipinski definition) is 2. The fourth-order valence-corrected chi connectivity index (χ4v) is 3.23. The van der Waals surface area contributed by atoms with Crippen LogP contribution >= 0.6 is 0 Å². The summed E-state index contributed by atoms with van der Waals surface area (Å²) < 4.78 is 0. The number of fused-ring (bicyclic) bond motifs is 1. The fraction of sp³-hybridized carbons (Fsp3) is 0.500. The number of nitrogens with two attached hydrogens (primary N) is 1. The molecule has 0 spiro atoms. The lowest BCUT2D eigenvalue weighted by molar-refractivity contribution is -0.115. The Hall–Kier alpha value is -1.39. The van der Waals surface area contributed by atoms with Crippen LogP contribution in [0.25, 0.3) is 0 Å². The minimum atomic E-state index is 0.105. The standard InChI is InChI=1S/C14H19N3O/c1-17-8-9(7-15)5-13(17)10-3-2-4-12-11(10)6-14(18)16-12/h2-4,9,13H,5-8,15H2,1H3,(H,16,18). The lowest BCUT2D eigenvalue weighted by atomic mass is 9.94. The van der Waals surface area contributed by atoms with Crippen molar-refractivity contribution in [3.05, 3.63) is 29.3 Å². The quantitative estimate of drug-likeness (QED) is 0.821. The predicted octanol–water partition coefficient (Wildman–Crippen LogP) is 1.13. The highest BCUT2D eigenvalue weighted by Crippen LogP contribution is 2.38. The van der Waals surface area contributed by atoms with E-state index in [9.17, 15) is 4.79 Å². The van der Waals surface area contributed by atoms with Crippen molar-refractivity contribution in [1.82, 2.24) is 4.90 Å². The minimum absolute atomic E-state index is 0.105. The number of rotatable bonds is 2. The van der Waals surface area contributed by atoms with E-state index in [0.717, 1.165) is 25.2 Å². The van der Waals surface area contributed by atoms with Crippen LogP contribution < -0.4 is 11.1 Å². The number of likely N-dealkylation sites (tertiary alicyclic amines) is 1. The Morgan fingerprint density at radius 3 is 3.06 bits per heavy atom. The molecule has 1 amide bonds. The van der Waals surface area contributed by atoms with Gasteiger partial charge in [0.25, 0.3) is 0 Å². The van der Waals surface area contributed by atoms with E-state index in [4.69, 9.17) is 5.73 Å². The van der Waals surface area contributed by atoms with E-state index in [1.807, 2.05) is 12.1 Å². The molecular formula is C14H19N3O. The van der Waals surface area contributed by atoms with E-state index in [1.54, 1.807) is 0 Å². The maximum atomic E-state index is 11.5. The second-order valence-electron chi connectivity index (χ2n) is 5.39. The molecule has 0 aliphatic carbocycles. The molecule has 1 aromatic rings. The van der Waals surface area contributed by atoms with Crippen LogP contribution in [-0.2, 0) is 11.2 Å². The highest BCUT2D eigenvalue weighted by molar-refractivity contribution is 5.99. The molecule has 3 N–H and O–H groups in total. The number of benzene rings is 1. The molecule has 0 aromatic heterocycles. The number of nitrogens with one attached hydrogen (secondary N) is 1. The van der Waals surface area contributed by atoms with Gasteiger partial charge in [-0.15, -0.1) is 0 Å². The summed E-state index contributed by atoms with van der Waals surface area (Å²) in [6, 6.07) is 6.57. The van der Waals surface area contributed by atoms with Gasteiger partial charge < -0.3 is 11.1 Å². The van der Waals surface area contributed by atoms with Crippen LogP contribution in [0, 0.1) is 5.92 Å². The number of carbonyl (C=O) groups excluding carboxylic acids is 1. The Balaban J connectivity index is 1.94. The minimum Gasteiger partial charge on any atom is -0.330 e. The Labute approximate surface area is 107 Å². The van der Waals surface area contributed by atoms with Gasteiger partial charge in [0.05, 0.1) is 6.42 Å². The summed E-state index contributed by atoms with van der Waals surface area (Å²) in [4.78, 5) is 13.9. The molecule has 4 heteroatoms. The molecule has 0 radical (unpaired) electrons. The molecule has 2 aliphatic rings. The molecule has 18 heavy (non-hydrogen) atoms. The maximum Gasteiger partial charge on any atom is 0.228 e. The van der Waals surface area contributed by atoms with Crippen molar-refractivity contribution in [2.24, 2.45) is 11.7 Å². The van der Waals surface area contributed by atoms with E-state index >= 15 is 0 Å². The molecule has 2 aliphatic heterocycles. The Kier molecular flexibility index (Phi) is 2.84. The summed E-state index contributed by atoms with van der Waals surface area (Å²) in [6.45, 7) is 1.79. The molecular weight excluding hydrogens is 226 g/mol. The van der Waals surface area contributed by atoms with Crippen molar-refractivity contribution >= 4 is 11.6 Å².